The van der Waals surface area contributed by atoms with E-state index in [4.69, 9.17) is 14.3 Å². The Morgan fingerprint density at radius 2 is 1.96 bits per heavy atom. The van der Waals surface area contributed by atoms with E-state index in [0.717, 1.165) is 6.26 Å². The largest absolute Gasteiger partial charge is 0.480 e. The highest BCUT2D eigenvalue weighted by Gasteiger charge is 2.25. The summed E-state index contributed by atoms with van der Waals surface area (Å²) in [6, 6.07) is -0.573. The van der Waals surface area contributed by atoms with E-state index in [9.17, 15) is 14.4 Å². The number of hydrogen-bond donors (Lipinski definition) is 3. The molecule has 140 valence electrons. The van der Waals surface area contributed by atoms with Gasteiger partial charge in [0.2, 0.25) is 5.89 Å². The van der Waals surface area contributed by atoms with Gasteiger partial charge in [0.05, 0.1) is 0 Å². The first-order valence-corrected chi connectivity index (χ1v) is 7.93. The molecule has 0 unspecified atom stereocenters. The Bertz CT molecular complexity index is 618. The lowest BCUT2D eigenvalue weighted by Crippen LogP contribution is -2.35. The van der Waals surface area contributed by atoms with Gasteiger partial charge in [-0.2, -0.15) is 0 Å². The molecular formula is C16H25N3O6. The molecule has 0 bridgehead atoms. The fourth-order valence-electron chi connectivity index (χ4n) is 1.94. The summed E-state index contributed by atoms with van der Waals surface area (Å²) in [5.74, 6) is -1.46. The number of carboxylic acid groups (broad SMARTS) is 1. The molecule has 1 aromatic heterocycles. The highest BCUT2D eigenvalue weighted by Crippen LogP contribution is 2.21. The van der Waals surface area contributed by atoms with Crippen LogP contribution in [0.2, 0.25) is 0 Å². The minimum atomic E-state index is -1.17. The normalized spacial score (nSPS) is 12.6. The fraction of sp³-hybridized carbons (Fsp3) is 0.625. The Labute approximate surface area is 146 Å². The molecule has 1 atom stereocenters. The van der Waals surface area contributed by atoms with Crippen LogP contribution in [0.3, 0.4) is 0 Å². The number of aliphatic carboxylic acids is 1. The summed E-state index contributed by atoms with van der Waals surface area (Å²) in [5.41, 5.74) is -0.707. The van der Waals surface area contributed by atoms with Crippen LogP contribution < -0.4 is 10.6 Å². The predicted octanol–water partition coefficient (Wildman–Crippen LogP) is 2.10. The fourth-order valence-corrected chi connectivity index (χ4v) is 1.94. The summed E-state index contributed by atoms with van der Waals surface area (Å²) in [4.78, 5) is 38.3. The number of nitrogens with zero attached hydrogens (tertiary/aromatic N) is 1. The van der Waals surface area contributed by atoms with E-state index < -0.39 is 36.2 Å². The summed E-state index contributed by atoms with van der Waals surface area (Å²) in [7, 11) is 0. The molecule has 0 spiro atoms. The standard InChI is InChI=1S/C16H25N3O6/c1-9(2)6-10(19-15(23)25-16(3,4)5)14-18-11(8-24-14)13(22)17-7-12(20)21/h8-10H,6-7H2,1-5H3,(H,17,22)(H,19,23)(H,20,21)/t10-/m0/s1. The van der Waals surface area contributed by atoms with Gasteiger partial charge in [-0.3, -0.25) is 9.59 Å². The van der Waals surface area contributed by atoms with Crippen LogP contribution in [-0.2, 0) is 9.53 Å². The first-order valence-electron chi connectivity index (χ1n) is 7.93. The molecule has 1 aromatic rings. The number of rotatable bonds is 7. The number of amides is 2. The topological polar surface area (TPSA) is 131 Å². The Hall–Kier alpha value is -2.58. The molecule has 9 heteroatoms. The van der Waals surface area contributed by atoms with Crippen molar-refractivity contribution >= 4 is 18.0 Å². The van der Waals surface area contributed by atoms with Crippen LogP contribution >= 0.6 is 0 Å². The van der Waals surface area contributed by atoms with Crippen molar-refractivity contribution in [2.24, 2.45) is 5.92 Å². The van der Waals surface area contributed by atoms with Gasteiger partial charge in [-0.1, -0.05) is 13.8 Å². The molecule has 9 nitrogen and oxygen atoms in total. The average Bonchev–Trinajstić information content (AvgIpc) is 2.91. The van der Waals surface area contributed by atoms with Gasteiger partial charge in [0.15, 0.2) is 5.69 Å². The number of aromatic nitrogens is 1. The molecule has 0 aliphatic heterocycles. The minimum Gasteiger partial charge on any atom is -0.480 e. The van der Waals surface area contributed by atoms with E-state index >= 15 is 0 Å². The number of carbonyl (C=O) groups excluding carboxylic acids is 2. The zero-order valence-electron chi connectivity index (χ0n) is 15.1. The van der Waals surface area contributed by atoms with Crippen LogP contribution in [0.1, 0.15) is 63.5 Å². The van der Waals surface area contributed by atoms with Gasteiger partial charge >= 0.3 is 12.1 Å². The Kier molecular flexibility index (Phi) is 6.96. The second-order valence-corrected chi connectivity index (χ2v) is 6.98. The summed E-state index contributed by atoms with van der Waals surface area (Å²) in [5, 5.41) is 13.4. The molecule has 0 radical (unpaired) electrons. The molecule has 2 amide bonds. The van der Waals surface area contributed by atoms with Crippen LogP contribution in [0.15, 0.2) is 10.7 Å². The van der Waals surface area contributed by atoms with E-state index in [-0.39, 0.29) is 17.5 Å². The van der Waals surface area contributed by atoms with Crippen LogP contribution in [0, 0.1) is 5.92 Å². The maximum absolute atomic E-state index is 12.0. The summed E-state index contributed by atoms with van der Waals surface area (Å²) in [6.07, 6.45) is 1.03. The second-order valence-electron chi connectivity index (χ2n) is 6.98. The van der Waals surface area contributed by atoms with E-state index in [1.807, 2.05) is 13.8 Å². The number of ether oxygens (including phenoxy) is 1. The van der Waals surface area contributed by atoms with E-state index in [1.54, 1.807) is 20.8 Å². The molecule has 0 saturated carbocycles. The molecule has 0 aromatic carbocycles. The molecule has 0 fully saturated rings. The smallest absolute Gasteiger partial charge is 0.408 e. The number of oxazole rings is 1. The van der Waals surface area contributed by atoms with Crippen molar-refractivity contribution in [2.75, 3.05) is 6.54 Å². The monoisotopic (exact) mass is 355 g/mol. The lowest BCUT2D eigenvalue weighted by Gasteiger charge is -2.23. The molecular weight excluding hydrogens is 330 g/mol. The molecule has 25 heavy (non-hydrogen) atoms. The van der Waals surface area contributed by atoms with E-state index in [0.29, 0.717) is 6.42 Å². The molecule has 0 aliphatic carbocycles. The van der Waals surface area contributed by atoms with Crippen molar-refractivity contribution in [1.82, 2.24) is 15.6 Å². The molecule has 0 saturated heterocycles. The first kappa shape index (κ1) is 20.5. The Morgan fingerprint density at radius 1 is 1.32 bits per heavy atom. The van der Waals surface area contributed by atoms with Crippen molar-refractivity contribution in [3.63, 3.8) is 0 Å². The summed E-state index contributed by atoms with van der Waals surface area (Å²) < 4.78 is 10.5. The lowest BCUT2D eigenvalue weighted by molar-refractivity contribution is -0.135. The van der Waals surface area contributed by atoms with Gasteiger partial charge in [-0.25, -0.2) is 9.78 Å². The maximum atomic E-state index is 12.0. The third kappa shape index (κ3) is 7.69. The third-order valence-corrected chi connectivity index (χ3v) is 2.85. The van der Waals surface area contributed by atoms with Gasteiger partial charge in [0.1, 0.15) is 24.5 Å². The molecule has 0 aliphatic rings. The van der Waals surface area contributed by atoms with Crippen molar-refractivity contribution < 1.29 is 28.6 Å². The predicted molar refractivity (Wildman–Crippen MR) is 88.0 cm³/mol. The molecule has 1 heterocycles. The van der Waals surface area contributed by atoms with Crippen molar-refractivity contribution in [1.29, 1.82) is 0 Å². The van der Waals surface area contributed by atoms with Gasteiger partial charge < -0.3 is 24.9 Å². The van der Waals surface area contributed by atoms with Gasteiger partial charge in [0.25, 0.3) is 5.91 Å². The van der Waals surface area contributed by atoms with E-state index in [1.165, 1.54) is 0 Å². The minimum absolute atomic E-state index is 0.0593. The van der Waals surface area contributed by atoms with Crippen molar-refractivity contribution in [3.8, 4) is 0 Å². The number of hydrogen-bond acceptors (Lipinski definition) is 6. The number of carbonyl (C=O) groups is 3. The third-order valence-electron chi connectivity index (χ3n) is 2.85. The summed E-state index contributed by atoms with van der Waals surface area (Å²) >= 11 is 0. The highest BCUT2D eigenvalue weighted by atomic mass is 16.6. The van der Waals surface area contributed by atoms with Crippen LogP contribution in [0.5, 0.6) is 0 Å². The quantitative estimate of drug-likeness (QED) is 0.682. The van der Waals surface area contributed by atoms with Gasteiger partial charge in [-0.15, -0.1) is 0 Å². The van der Waals surface area contributed by atoms with Crippen LogP contribution in [0.4, 0.5) is 4.79 Å². The lowest BCUT2D eigenvalue weighted by atomic mass is 10.0. The zero-order valence-corrected chi connectivity index (χ0v) is 15.1. The first-order chi connectivity index (χ1) is 11.5. The zero-order chi connectivity index (χ0) is 19.2. The van der Waals surface area contributed by atoms with Crippen molar-refractivity contribution in [3.05, 3.63) is 17.8 Å². The SMILES string of the molecule is CC(C)C[C@H](NC(=O)OC(C)(C)C)c1nc(C(=O)NCC(=O)O)co1. The highest BCUT2D eigenvalue weighted by molar-refractivity contribution is 5.93. The van der Waals surface area contributed by atoms with Crippen LogP contribution in [-0.4, -0.2) is 40.2 Å². The maximum Gasteiger partial charge on any atom is 0.408 e. The average molecular weight is 355 g/mol. The second kappa shape index (κ2) is 8.50. The van der Waals surface area contributed by atoms with Crippen LogP contribution in [0.25, 0.3) is 0 Å². The number of alkyl carbamates (subject to hydrolysis) is 1. The molecule has 3 N–H and O–H groups in total. The van der Waals surface area contributed by atoms with Crippen molar-refractivity contribution in [2.45, 2.75) is 52.7 Å². The Morgan fingerprint density at radius 3 is 2.48 bits per heavy atom. The Balaban J connectivity index is 2.84. The van der Waals surface area contributed by atoms with Gasteiger partial charge in [0, 0.05) is 0 Å². The summed E-state index contributed by atoms with van der Waals surface area (Å²) in [6.45, 7) is 8.66. The molecule has 1 rings (SSSR count). The number of nitrogens with one attached hydrogen (secondary N) is 2. The van der Waals surface area contributed by atoms with Gasteiger partial charge in [-0.05, 0) is 33.1 Å². The van der Waals surface area contributed by atoms with E-state index in [2.05, 4.69) is 15.6 Å². The number of carboxylic acids is 1.